The highest BCUT2D eigenvalue weighted by Gasteiger charge is 2.11. The lowest BCUT2D eigenvalue weighted by molar-refractivity contribution is -0.123. The largest absolute Gasteiger partial charge is 0.482 e. The Labute approximate surface area is 169 Å². The van der Waals surface area contributed by atoms with Crippen molar-refractivity contribution in [3.05, 3.63) is 52.1 Å². The molecule has 1 aromatic heterocycles. The van der Waals surface area contributed by atoms with E-state index in [4.69, 9.17) is 27.9 Å². The van der Waals surface area contributed by atoms with Gasteiger partial charge in [-0.2, -0.15) is 0 Å². The van der Waals surface area contributed by atoms with E-state index < -0.39 is 0 Å². The van der Waals surface area contributed by atoms with Crippen LogP contribution in [0.1, 0.15) is 31.2 Å². The maximum absolute atomic E-state index is 12.0. The number of aromatic nitrogens is 1. The third-order valence-corrected chi connectivity index (χ3v) is 5.01. The van der Waals surface area contributed by atoms with E-state index in [1.54, 1.807) is 18.2 Å². The monoisotopic (exact) mass is 407 g/mol. The first kappa shape index (κ1) is 19.8. The van der Waals surface area contributed by atoms with E-state index in [9.17, 15) is 4.79 Å². The maximum Gasteiger partial charge on any atom is 0.258 e. The summed E-state index contributed by atoms with van der Waals surface area (Å²) in [4.78, 5) is 18.9. The predicted octanol–water partition coefficient (Wildman–Crippen LogP) is 4.46. The van der Waals surface area contributed by atoms with Gasteiger partial charge in [0.25, 0.3) is 5.91 Å². The number of nitrogens with zero attached hydrogens (tertiary/aromatic N) is 2. The molecule has 1 amide bonds. The summed E-state index contributed by atoms with van der Waals surface area (Å²) in [5.41, 5.74) is 0.950. The first-order chi connectivity index (χ1) is 13.1. The van der Waals surface area contributed by atoms with Gasteiger partial charge in [-0.25, -0.2) is 4.98 Å². The molecule has 1 fully saturated rings. The van der Waals surface area contributed by atoms with Crippen LogP contribution < -0.4 is 15.0 Å². The number of amides is 1. The van der Waals surface area contributed by atoms with E-state index in [0.717, 1.165) is 24.5 Å². The Morgan fingerprint density at radius 1 is 1.11 bits per heavy atom. The van der Waals surface area contributed by atoms with Crippen LogP contribution in [0.5, 0.6) is 5.75 Å². The molecule has 0 aliphatic carbocycles. The van der Waals surface area contributed by atoms with E-state index in [1.165, 1.54) is 25.7 Å². The summed E-state index contributed by atoms with van der Waals surface area (Å²) >= 11 is 11.9. The number of hydrogen-bond donors (Lipinski definition) is 1. The molecule has 1 aliphatic rings. The van der Waals surface area contributed by atoms with Crippen LogP contribution in [-0.4, -0.2) is 30.6 Å². The van der Waals surface area contributed by atoms with Crippen molar-refractivity contribution in [1.29, 1.82) is 0 Å². The molecule has 0 spiro atoms. The fourth-order valence-electron chi connectivity index (χ4n) is 3.00. The summed E-state index contributed by atoms with van der Waals surface area (Å²) in [7, 11) is 0. The second-order valence-corrected chi connectivity index (χ2v) is 7.41. The topological polar surface area (TPSA) is 54.5 Å². The van der Waals surface area contributed by atoms with Gasteiger partial charge in [0.15, 0.2) is 6.61 Å². The van der Waals surface area contributed by atoms with E-state index in [1.807, 2.05) is 18.3 Å². The summed E-state index contributed by atoms with van der Waals surface area (Å²) in [6.07, 6.45) is 6.85. The molecule has 0 unspecified atom stereocenters. The SMILES string of the molecule is O=C(COc1ccc(Cl)cc1Cl)NCc1ccc(N2CCCCCC2)nc1. The van der Waals surface area contributed by atoms with Crippen molar-refractivity contribution in [1.82, 2.24) is 10.3 Å². The Morgan fingerprint density at radius 2 is 1.89 bits per heavy atom. The van der Waals surface area contributed by atoms with Crippen LogP contribution in [0.4, 0.5) is 5.82 Å². The Morgan fingerprint density at radius 3 is 2.56 bits per heavy atom. The molecule has 0 radical (unpaired) electrons. The van der Waals surface area contributed by atoms with Crippen LogP contribution in [0.3, 0.4) is 0 Å². The van der Waals surface area contributed by atoms with Gasteiger partial charge in [-0.15, -0.1) is 0 Å². The number of ether oxygens (including phenoxy) is 1. The summed E-state index contributed by atoms with van der Waals surface area (Å²) in [5, 5.41) is 3.72. The Kier molecular flexibility index (Phi) is 7.18. The number of nitrogens with one attached hydrogen (secondary N) is 1. The molecule has 27 heavy (non-hydrogen) atoms. The fraction of sp³-hybridized carbons (Fsp3) is 0.400. The minimum Gasteiger partial charge on any atom is -0.482 e. The van der Waals surface area contributed by atoms with Crippen LogP contribution in [0.25, 0.3) is 0 Å². The Balaban J connectivity index is 1.45. The molecule has 2 aromatic rings. The van der Waals surface area contributed by atoms with Crippen molar-refractivity contribution >= 4 is 34.9 Å². The van der Waals surface area contributed by atoms with E-state index in [-0.39, 0.29) is 12.5 Å². The van der Waals surface area contributed by atoms with Crippen molar-refractivity contribution in [3.8, 4) is 5.75 Å². The van der Waals surface area contributed by atoms with Crippen LogP contribution in [-0.2, 0) is 11.3 Å². The predicted molar refractivity (Wildman–Crippen MR) is 109 cm³/mol. The first-order valence-electron chi connectivity index (χ1n) is 9.16. The molecular formula is C20H23Cl2N3O2. The quantitative estimate of drug-likeness (QED) is 0.767. The highest BCUT2D eigenvalue weighted by atomic mass is 35.5. The molecule has 144 valence electrons. The molecule has 0 bridgehead atoms. The van der Waals surface area contributed by atoms with Crippen molar-refractivity contribution in [2.75, 3.05) is 24.6 Å². The molecule has 7 heteroatoms. The second-order valence-electron chi connectivity index (χ2n) is 6.57. The van der Waals surface area contributed by atoms with Crippen LogP contribution in [0.2, 0.25) is 10.0 Å². The Hall–Kier alpha value is -1.98. The zero-order chi connectivity index (χ0) is 19.1. The normalized spacial score (nSPS) is 14.5. The van der Waals surface area contributed by atoms with Crippen LogP contribution in [0, 0.1) is 0 Å². The van der Waals surface area contributed by atoms with Crippen LogP contribution >= 0.6 is 23.2 Å². The average Bonchev–Trinajstić information content (AvgIpc) is 2.95. The van der Waals surface area contributed by atoms with Gasteiger partial charge >= 0.3 is 0 Å². The van der Waals surface area contributed by atoms with Gasteiger partial charge in [0.05, 0.1) is 5.02 Å². The standard InChI is InChI=1S/C20H23Cl2N3O2/c21-16-6-7-18(17(22)11-16)27-14-20(26)24-13-15-5-8-19(23-12-15)25-9-3-1-2-4-10-25/h5-8,11-12H,1-4,9-10,13-14H2,(H,24,26). The zero-order valence-corrected chi connectivity index (χ0v) is 16.6. The molecule has 1 aromatic carbocycles. The van der Waals surface area contributed by atoms with Crippen molar-refractivity contribution in [3.63, 3.8) is 0 Å². The lowest BCUT2D eigenvalue weighted by Crippen LogP contribution is -2.28. The number of carbonyl (C=O) groups excluding carboxylic acids is 1. The number of benzene rings is 1. The van der Waals surface area contributed by atoms with E-state index in [2.05, 4.69) is 15.2 Å². The molecule has 0 saturated carbocycles. The highest BCUT2D eigenvalue weighted by molar-refractivity contribution is 6.35. The molecule has 1 aliphatic heterocycles. The number of halogens is 2. The third-order valence-electron chi connectivity index (χ3n) is 4.48. The molecule has 1 N–H and O–H groups in total. The average molecular weight is 408 g/mol. The van der Waals surface area contributed by atoms with Gasteiger partial charge in [-0.3, -0.25) is 4.79 Å². The minimum atomic E-state index is -0.224. The first-order valence-corrected chi connectivity index (χ1v) is 9.92. The van der Waals surface area contributed by atoms with Crippen molar-refractivity contribution in [2.45, 2.75) is 32.2 Å². The summed E-state index contributed by atoms with van der Waals surface area (Å²) in [6.45, 7) is 2.42. The number of pyridine rings is 1. The lowest BCUT2D eigenvalue weighted by atomic mass is 10.2. The third kappa shape index (κ3) is 6.01. The van der Waals surface area contributed by atoms with E-state index >= 15 is 0 Å². The number of rotatable bonds is 6. The lowest BCUT2D eigenvalue weighted by Gasteiger charge is -2.21. The molecule has 3 rings (SSSR count). The summed E-state index contributed by atoms with van der Waals surface area (Å²) in [6, 6.07) is 8.91. The summed E-state index contributed by atoms with van der Waals surface area (Å²) < 4.78 is 5.43. The second kappa shape index (κ2) is 9.81. The Bertz CT molecular complexity index is 760. The number of hydrogen-bond acceptors (Lipinski definition) is 4. The molecule has 0 atom stereocenters. The van der Waals surface area contributed by atoms with Crippen LogP contribution in [0.15, 0.2) is 36.5 Å². The van der Waals surface area contributed by atoms with E-state index in [0.29, 0.717) is 22.3 Å². The van der Waals surface area contributed by atoms with Gasteiger partial charge in [0, 0.05) is 30.9 Å². The van der Waals surface area contributed by atoms with Crippen molar-refractivity contribution in [2.24, 2.45) is 0 Å². The minimum absolute atomic E-state index is 0.110. The smallest absolute Gasteiger partial charge is 0.258 e. The zero-order valence-electron chi connectivity index (χ0n) is 15.1. The van der Waals surface area contributed by atoms with Gasteiger partial charge in [-0.05, 0) is 42.7 Å². The maximum atomic E-state index is 12.0. The highest BCUT2D eigenvalue weighted by Crippen LogP contribution is 2.27. The van der Waals surface area contributed by atoms with Gasteiger partial charge in [0.1, 0.15) is 11.6 Å². The van der Waals surface area contributed by atoms with Gasteiger partial charge < -0.3 is 15.0 Å². The number of carbonyl (C=O) groups is 1. The molecule has 5 nitrogen and oxygen atoms in total. The molecule has 1 saturated heterocycles. The number of anilines is 1. The van der Waals surface area contributed by atoms with Crippen molar-refractivity contribution < 1.29 is 9.53 Å². The molecular weight excluding hydrogens is 385 g/mol. The fourth-order valence-corrected chi connectivity index (χ4v) is 3.46. The van der Waals surface area contributed by atoms with Gasteiger partial charge in [-0.1, -0.05) is 42.1 Å². The van der Waals surface area contributed by atoms with Gasteiger partial charge in [0.2, 0.25) is 0 Å². The molecule has 2 heterocycles. The summed E-state index contributed by atoms with van der Waals surface area (Å²) in [5.74, 6) is 1.21.